The van der Waals surface area contributed by atoms with Crippen molar-refractivity contribution >= 4 is 28.6 Å². The second-order valence-electron chi connectivity index (χ2n) is 6.97. The molecule has 2 N–H and O–H groups in total. The number of rotatable bonds is 5. The van der Waals surface area contributed by atoms with E-state index in [0.29, 0.717) is 9.80 Å². The van der Waals surface area contributed by atoms with Crippen LogP contribution in [0, 0.1) is 0 Å². The van der Waals surface area contributed by atoms with E-state index < -0.39 is 50.6 Å². The van der Waals surface area contributed by atoms with Gasteiger partial charge in [-0.1, -0.05) is 12.1 Å². The number of carbonyl (C=O) groups is 1. The van der Waals surface area contributed by atoms with Gasteiger partial charge in [0.25, 0.3) is 5.91 Å². The van der Waals surface area contributed by atoms with Gasteiger partial charge in [0, 0.05) is 37.5 Å². The molecule has 1 unspecified atom stereocenters. The van der Waals surface area contributed by atoms with Gasteiger partial charge in [-0.2, -0.15) is 4.98 Å². The van der Waals surface area contributed by atoms with Gasteiger partial charge in [0.1, 0.15) is 12.4 Å². The molecule has 1 atom stereocenters. The van der Waals surface area contributed by atoms with E-state index in [2.05, 4.69) is 9.97 Å². The lowest BCUT2D eigenvalue weighted by Gasteiger charge is -2.37. The van der Waals surface area contributed by atoms with Gasteiger partial charge in [0.15, 0.2) is 25.8 Å². The maximum Gasteiger partial charge on any atom is 0.267 e. The highest BCUT2D eigenvalue weighted by molar-refractivity contribution is 5.91. The maximum atomic E-state index is 13.6. The average Bonchev–Trinajstić information content (AvgIpc) is 2.90. The summed E-state index contributed by atoms with van der Waals surface area (Å²) in [5.74, 6) is -1.85. The second-order valence-corrected chi connectivity index (χ2v) is 6.97. The number of hydrogen-bond donors (Lipinski definition) is 1. The Kier molecular flexibility index (Phi) is 3.34. The zero-order valence-corrected chi connectivity index (χ0v) is 17.7. The minimum Gasteiger partial charge on any atom is -0.493 e. The zero-order chi connectivity index (χ0) is 30.8. The molecule has 0 radical (unpaired) electrons. The van der Waals surface area contributed by atoms with Crippen molar-refractivity contribution < 1.29 is 36.2 Å². The molecule has 10 heteroatoms. The van der Waals surface area contributed by atoms with Gasteiger partial charge in [-0.05, 0) is 18.2 Å². The summed E-state index contributed by atoms with van der Waals surface area (Å²) in [7, 11) is 2.76. The Morgan fingerprint density at radius 2 is 1.91 bits per heavy atom. The lowest BCUT2D eigenvalue weighted by atomic mass is 10.2. The summed E-state index contributed by atoms with van der Waals surface area (Å²) in [4.78, 5) is 23.2. The summed E-state index contributed by atoms with van der Waals surface area (Å²) in [5.41, 5.74) is 0.251. The molecule has 0 saturated carbocycles. The molecule has 10 nitrogen and oxygen atoms in total. The monoisotopic (exact) mass is 460 g/mol. The molecular weight excluding hydrogens is 426 g/mol. The molecule has 1 fully saturated rings. The Morgan fingerprint density at radius 3 is 2.64 bits per heavy atom. The van der Waals surface area contributed by atoms with Crippen molar-refractivity contribution in [3.8, 4) is 23.0 Å². The molecule has 3 aromatic rings. The molecule has 172 valence electrons. The van der Waals surface area contributed by atoms with Crippen LogP contribution in [0.3, 0.4) is 0 Å². The predicted molar refractivity (Wildman–Crippen MR) is 122 cm³/mol. The molecule has 0 aliphatic carbocycles. The Labute approximate surface area is 203 Å². The van der Waals surface area contributed by atoms with Gasteiger partial charge < -0.3 is 34.5 Å². The molecule has 1 amide bonds. The highest BCUT2D eigenvalue weighted by atomic mass is 16.6. The van der Waals surface area contributed by atoms with Crippen LogP contribution in [0.4, 0.5) is 11.8 Å². The number of para-hydroxylation sites is 2. The number of fused-ring (bicyclic) bond motifs is 2. The molecule has 3 heterocycles. The van der Waals surface area contributed by atoms with E-state index in [1.165, 1.54) is 44.6 Å². The highest BCUT2D eigenvalue weighted by Gasteiger charge is 2.33. The number of amides is 1. The summed E-state index contributed by atoms with van der Waals surface area (Å²) < 4.78 is 97.0. The smallest absolute Gasteiger partial charge is 0.267 e. The van der Waals surface area contributed by atoms with E-state index in [1.807, 2.05) is 0 Å². The predicted octanol–water partition coefficient (Wildman–Crippen LogP) is 1.72. The maximum absolute atomic E-state index is 13.6. The van der Waals surface area contributed by atoms with Gasteiger partial charge in [0.05, 0.1) is 29.3 Å². The first-order valence-corrected chi connectivity index (χ1v) is 9.83. The van der Waals surface area contributed by atoms with Crippen LogP contribution in [0.5, 0.6) is 23.0 Å². The molecule has 2 aliphatic heterocycles. The number of methoxy groups -OCH3 is 2. The van der Waals surface area contributed by atoms with Crippen LogP contribution in [0.2, 0.25) is 2.82 Å². The first kappa shape index (κ1) is 12.9. The summed E-state index contributed by atoms with van der Waals surface area (Å²) >= 11 is 0. The van der Waals surface area contributed by atoms with Crippen LogP contribution in [0.25, 0.3) is 10.9 Å². The van der Waals surface area contributed by atoms with E-state index in [-0.39, 0.29) is 45.4 Å². The third kappa shape index (κ3) is 3.88. The van der Waals surface area contributed by atoms with Crippen molar-refractivity contribution in [2.75, 3.05) is 57.5 Å². The fourth-order valence-electron chi connectivity index (χ4n) is 3.32. The van der Waals surface area contributed by atoms with Gasteiger partial charge in [-0.15, -0.1) is 0 Å². The summed E-state index contributed by atoms with van der Waals surface area (Å²) in [5, 5.41) is 0.171. The fraction of sp³-hybridized carbons (Fsp3) is 0.348. The fourth-order valence-corrected chi connectivity index (χ4v) is 3.32. The van der Waals surface area contributed by atoms with Gasteiger partial charge in [-0.25, -0.2) is 4.98 Å². The first-order chi connectivity index (χ1) is 19.5. The lowest BCUT2D eigenvalue weighted by Crippen LogP contribution is -2.54. The van der Waals surface area contributed by atoms with Crippen molar-refractivity contribution in [2.45, 2.75) is 6.08 Å². The van der Waals surface area contributed by atoms with Crippen LogP contribution < -0.4 is 29.6 Å². The third-order valence-electron chi connectivity index (χ3n) is 5.00. The number of ether oxygens (including phenoxy) is 4. The number of carbonyl (C=O) groups excluding carboxylic acids is 1. The lowest BCUT2D eigenvalue weighted by molar-refractivity contribution is -0.141. The quantitative estimate of drug-likeness (QED) is 0.608. The van der Waals surface area contributed by atoms with Gasteiger partial charge >= 0.3 is 0 Å². The number of nitrogens with two attached hydrogens (primary N) is 1. The highest BCUT2D eigenvalue weighted by Crippen LogP contribution is 2.34. The summed E-state index contributed by atoms with van der Waals surface area (Å²) in [6.45, 7) is -10.2. The Balaban J connectivity index is 1.54. The molecule has 1 saturated heterocycles. The number of anilines is 2. The number of aromatic nitrogens is 2. The number of nitrogen functional groups attached to an aromatic ring is 1. The van der Waals surface area contributed by atoms with E-state index >= 15 is 0 Å². The largest absolute Gasteiger partial charge is 0.493 e. The van der Waals surface area contributed by atoms with Crippen molar-refractivity contribution in [1.29, 1.82) is 0 Å². The van der Waals surface area contributed by atoms with Crippen molar-refractivity contribution in [3.05, 3.63) is 36.4 Å². The molecule has 2 aromatic carbocycles. The molecule has 0 spiro atoms. The Morgan fingerprint density at radius 1 is 1.18 bits per heavy atom. The van der Waals surface area contributed by atoms with Crippen molar-refractivity contribution in [1.82, 2.24) is 14.9 Å². The molecule has 0 bridgehead atoms. The van der Waals surface area contributed by atoms with Crippen LogP contribution in [0.1, 0.15) is 9.60 Å². The Hall–Kier alpha value is -3.95. The van der Waals surface area contributed by atoms with Crippen LogP contribution >= 0.6 is 0 Å². The number of nitrogens with zero attached hydrogens (tertiary/aromatic N) is 4. The summed E-state index contributed by atoms with van der Waals surface area (Å²) in [6, 6.07) is 8.68. The molecule has 5 rings (SSSR count). The van der Waals surface area contributed by atoms with E-state index in [1.54, 1.807) is 6.07 Å². The van der Waals surface area contributed by atoms with Crippen molar-refractivity contribution in [2.24, 2.45) is 0 Å². The average molecular weight is 461 g/mol. The van der Waals surface area contributed by atoms with Gasteiger partial charge in [-0.3, -0.25) is 4.79 Å². The number of hydrogen-bond acceptors (Lipinski definition) is 9. The molecule has 33 heavy (non-hydrogen) atoms. The van der Waals surface area contributed by atoms with Crippen molar-refractivity contribution in [3.63, 3.8) is 0 Å². The van der Waals surface area contributed by atoms with Crippen LogP contribution in [0.15, 0.2) is 36.4 Å². The van der Waals surface area contributed by atoms with E-state index in [0.717, 1.165) is 0 Å². The normalized spacial score (nSPS) is 28.4. The third-order valence-corrected chi connectivity index (χ3v) is 5.00. The topological polar surface area (TPSA) is 112 Å². The number of benzene rings is 2. The van der Waals surface area contributed by atoms with E-state index in [4.69, 9.17) is 31.4 Å². The first-order valence-electron chi connectivity index (χ1n) is 14.2. The standard InChI is InChI=1S/C23H25N5O5/c1-30-18-11-14-15(12-19(18)31-2)25-23(26-21(14)24)28-9-7-27(8-10-28)22(29)20-13-32-16-5-3-4-6-17(16)33-20/h3-6,11-12,20H,7-10,13H2,1-2H3,(H2,24,25,26)/i9D2,10D2,13D2,20D/hD2. The molecule has 2 aliphatic rings. The SMILES string of the molecule is [2H]N([2H])c1nc(N2C([2H])([2H])CN(C(=O)C3([2H])Oc4ccccc4OC3([2H])[2H])CC2([2H])[2H])nc2cc(OC)c(OC)cc12. The minimum atomic E-state index is -3.03. The summed E-state index contributed by atoms with van der Waals surface area (Å²) in [6.07, 6.45) is -3.03. The Bertz CT molecular complexity index is 1540. The van der Waals surface area contributed by atoms with E-state index in [9.17, 15) is 4.79 Å². The zero-order valence-electron chi connectivity index (χ0n) is 26.7. The minimum absolute atomic E-state index is 0.0370. The van der Waals surface area contributed by atoms with Crippen LogP contribution in [-0.4, -0.2) is 73.7 Å². The number of piperazine rings is 1. The molecule has 1 aromatic heterocycles. The molecular formula is C23H25N5O5. The van der Waals surface area contributed by atoms with Gasteiger partial charge in [0.2, 0.25) is 12.0 Å². The second kappa shape index (κ2) is 8.53. The van der Waals surface area contributed by atoms with Crippen LogP contribution in [-0.2, 0) is 4.79 Å².